The average Bonchev–Trinajstić information content (AvgIpc) is 2.86. The highest BCUT2D eigenvalue weighted by molar-refractivity contribution is 7.89. The summed E-state index contributed by atoms with van der Waals surface area (Å²) in [6, 6.07) is 18.1. The van der Waals surface area contributed by atoms with E-state index in [9.17, 15) is 13.2 Å². The largest absolute Gasteiger partial charge is 0.338 e. The van der Waals surface area contributed by atoms with Gasteiger partial charge in [0.1, 0.15) is 0 Å². The molecule has 0 aromatic heterocycles. The zero-order valence-electron chi connectivity index (χ0n) is 13.3. The number of nitrogens with zero attached hydrogens (tertiary/aromatic N) is 1. The standard InChI is InChI=1S/C18H20N2O3S/c19-24(22,23)13-15-10-18(21)20(12-15)11-14-5-4-8-17(9-14)16-6-2-1-3-7-16/h1-9,15H,10-13H2,(H2,19,22,23). The van der Waals surface area contributed by atoms with E-state index in [1.807, 2.05) is 48.5 Å². The van der Waals surface area contributed by atoms with Crippen LogP contribution < -0.4 is 5.14 Å². The second kappa shape index (κ2) is 6.75. The van der Waals surface area contributed by atoms with E-state index in [0.29, 0.717) is 13.1 Å². The highest BCUT2D eigenvalue weighted by Crippen LogP contribution is 2.24. The second-order valence-electron chi connectivity index (χ2n) is 6.24. The van der Waals surface area contributed by atoms with Gasteiger partial charge in [-0.1, -0.05) is 48.5 Å². The molecule has 1 amide bonds. The van der Waals surface area contributed by atoms with Crippen LogP contribution in [0.2, 0.25) is 0 Å². The maximum absolute atomic E-state index is 12.1. The third kappa shape index (κ3) is 4.21. The van der Waals surface area contributed by atoms with Crippen LogP contribution in [0.1, 0.15) is 12.0 Å². The Labute approximate surface area is 142 Å². The zero-order valence-corrected chi connectivity index (χ0v) is 14.1. The predicted molar refractivity (Wildman–Crippen MR) is 93.4 cm³/mol. The monoisotopic (exact) mass is 344 g/mol. The van der Waals surface area contributed by atoms with Crippen LogP contribution in [0, 0.1) is 5.92 Å². The minimum atomic E-state index is -3.55. The maximum Gasteiger partial charge on any atom is 0.223 e. The average molecular weight is 344 g/mol. The third-order valence-corrected chi connectivity index (χ3v) is 5.11. The summed E-state index contributed by atoms with van der Waals surface area (Å²) in [4.78, 5) is 13.8. The van der Waals surface area contributed by atoms with Crippen molar-refractivity contribution in [1.29, 1.82) is 0 Å². The third-order valence-electron chi connectivity index (χ3n) is 4.17. The number of carbonyl (C=O) groups is 1. The smallest absolute Gasteiger partial charge is 0.223 e. The molecular formula is C18H20N2O3S. The molecule has 126 valence electrons. The Morgan fingerprint density at radius 2 is 1.75 bits per heavy atom. The van der Waals surface area contributed by atoms with Crippen LogP contribution in [-0.2, 0) is 21.4 Å². The summed E-state index contributed by atoms with van der Waals surface area (Å²) < 4.78 is 22.4. The van der Waals surface area contributed by atoms with Gasteiger partial charge < -0.3 is 4.90 Å². The van der Waals surface area contributed by atoms with Crippen molar-refractivity contribution in [2.24, 2.45) is 11.1 Å². The van der Waals surface area contributed by atoms with Crippen LogP contribution in [0.4, 0.5) is 0 Å². The van der Waals surface area contributed by atoms with E-state index >= 15 is 0 Å². The van der Waals surface area contributed by atoms with Gasteiger partial charge in [-0.25, -0.2) is 13.6 Å². The molecule has 0 aliphatic carbocycles. The lowest BCUT2D eigenvalue weighted by Gasteiger charge is -2.17. The van der Waals surface area contributed by atoms with Gasteiger partial charge in [-0.3, -0.25) is 4.79 Å². The first-order valence-electron chi connectivity index (χ1n) is 7.83. The lowest BCUT2D eigenvalue weighted by Crippen LogP contribution is -2.27. The predicted octanol–water partition coefficient (Wildman–Crippen LogP) is 1.99. The molecule has 0 spiro atoms. The van der Waals surface area contributed by atoms with Crippen LogP contribution in [-0.4, -0.2) is 31.5 Å². The van der Waals surface area contributed by atoms with Gasteiger partial charge in [-0.2, -0.15) is 0 Å². The van der Waals surface area contributed by atoms with Gasteiger partial charge in [0.15, 0.2) is 0 Å². The number of rotatable bonds is 5. The first-order chi connectivity index (χ1) is 11.4. The molecular weight excluding hydrogens is 324 g/mol. The fourth-order valence-electron chi connectivity index (χ4n) is 3.15. The van der Waals surface area contributed by atoms with Gasteiger partial charge in [0.2, 0.25) is 15.9 Å². The molecule has 2 N–H and O–H groups in total. The summed E-state index contributed by atoms with van der Waals surface area (Å²) in [7, 11) is -3.55. The summed E-state index contributed by atoms with van der Waals surface area (Å²) in [6.07, 6.45) is 0.245. The van der Waals surface area contributed by atoms with Crippen molar-refractivity contribution in [2.75, 3.05) is 12.3 Å². The summed E-state index contributed by atoms with van der Waals surface area (Å²) >= 11 is 0. The number of hydrogen-bond acceptors (Lipinski definition) is 3. The van der Waals surface area contributed by atoms with Crippen LogP contribution in [0.15, 0.2) is 54.6 Å². The quantitative estimate of drug-likeness (QED) is 0.901. The van der Waals surface area contributed by atoms with Gasteiger partial charge in [0, 0.05) is 25.4 Å². The summed E-state index contributed by atoms with van der Waals surface area (Å²) in [6.45, 7) is 0.922. The Hall–Kier alpha value is -2.18. The van der Waals surface area contributed by atoms with E-state index in [1.54, 1.807) is 4.90 Å². The highest BCUT2D eigenvalue weighted by Gasteiger charge is 2.31. The van der Waals surface area contributed by atoms with Gasteiger partial charge in [0.25, 0.3) is 0 Å². The molecule has 1 unspecified atom stereocenters. The number of benzene rings is 2. The SMILES string of the molecule is NS(=O)(=O)CC1CC(=O)N(Cc2cccc(-c3ccccc3)c2)C1. The van der Waals surface area contributed by atoms with Crippen LogP contribution >= 0.6 is 0 Å². The fraction of sp³-hybridized carbons (Fsp3) is 0.278. The van der Waals surface area contributed by atoms with Crippen molar-refractivity contribution in [2.45, 2.75) is 13.0 Å². The van der Waals surface area contributed by atoms with E-state index in [4.69, 9.17) is 5.14 Å². The first kappa shape index (κ1) is 16.7. The molecule has 1 fully saturated rings. The topological polar surface area (TPSA) is 80.5 Å². The van der Waals surface area contributed by atoms with Crippen LogP contribution in [0.5, 0.6) is 0 Å². The molecule has 2 aromatic rings. The van der Waals surface area contributed by atoms with Crippen molar-refractivity contribution in [1.82, 2.24) is 4.90 Å². The van der Waals surface area contributed by atoms with E-state index in [1.165, 1.54) is 0 Å². The van der Waals surface area contributed by atoms with Crippen LogP contribution in [0.3, 0.4) is 0 Å². The Kier molecular flexibility index (Phi) is 4.69. The summed E-state index contributed by atoms with van der Waals surface area (Å²) in [5.41, 5.74) is 3.25. The molecule has 2 aromatic carbocycles. The van der Waals surface area contributed by atoms with E-state index in [-0.39, 0.29) is 24.0 Å². The second-order valence-corrected chi connectivity index (χ2v) is 7.90. The highest BCUT2D eigenvalue weighted by atomic mass is 32.2. The number of carbonyl (C=O) groups excluding carboxylic acids is 1. The molecule has 1 saturated heterocycles. The maximum atomic E-state index is 12.1. The minimum absolute atomic E-state index is 0.0197. The molecule has 24 heavy (non-hydrogen) atoms. The van der Waals surface area contributed by atoms with Gasteiger partial charge in [0.05, 0.1) is 5.75 Å². The fourth-order valence-corrected chi connectivity index (χ4v) is 4.03. The Balaban J connectivity index is 1.72. The molecule has 3 rings (SSSR count). The van der Waals surface area contributed by atoms with Crippen molar-refractivity contribution in [3.8, 4) is 11.1 Å². The molecule has 6 heteroatoms. The van der Waals surface area contributed by atoms with Crippen molar-refractivity contribution >= 4 is 15.9 Å². The number of likely N-dealkylation sites (tertiary alicyclic amines) is 1. The number of nitrogens with two attached hydrogens (primary N) is 1. The van der Waals surface area contributed by atoms with Gasteiger partial charge in [-0.15, -0.1) is 0 Å². The summed E-state index contributed by atoms with van der Waals surface area (Å²) in [5, 5.41) is 5.09. The zero-order chi connectivity index (χ0) is 17.2. The van der Waals surface area contributed by atoms with Crippen LogP contribution in [0.25, 0.3) is 11.1 Å². The number of sulfonamides is 1. The number of primary sulfonamides is 1. The molecule has 1 heterocycles. The molecule has 1 aliphatic heterocycles. The molecule has 5 nitrogen and oxygen atoms in total. The summed E-state index contributed by atoms with van der Waals surface area (Å²) in [5.74, 6) is -0.377. The van der Waals surface area contributed by atoms with E-state index < -0.39 is 10.0 Å². The van der Waals surface area contributed by atoms with E-state index in [0.717, 1.165) is 16.7 Å². The Morgan fingerprint density at radius 1 is 1.04 bits per heavy atom. The number of amides is 1. The van der Waals surface area contributed by atoms with Gasteiger partial charge in [-0.05, 0) is 22.8 Å². The Bertz CT molecular complexity index is 834. The van der Waals surface area contributed by atoms with E-state index in [2.05, 4.69) is 6.07 Å². The lowest BCUT2D eigenvalue weighted by molar-refractivity contribution is -0.128. The van der Waals surface area contributed by atoms with Gasteiger partial charge >= 0.3 is 0 Å². The molecule has 1 aliphatic rings. The molecule has 0 bridgehead atoms. The van der Waals surface area contributed by atoms with Crippen molar-refractivity contribution in [3.05, 3.63) is 60.2 Å². The normalized spacial score (nSPS) is 18.1. The number of hydrogen-bond donors (Lipinski definition) is 1. The lowest BCUT2D eigenvalue weighted by atomic mass is 10.0. The van der Waals surface area contributed by atoms with Crippen molar-refractivity contribution < 1.29 is 13.2 Å². The minimum Gasteiger partial charge on any atom is -0.338 e. The molecule has 0 saturated carbocycles. The van der Waals surface area contributed by atoms with Crippen molar-refractivity contribution in [3.63, 3.8) is 0 Å². The Morgan fingerprint density at radius 3 is 2.46 bits per heavy atom. The first-order valence-corrected chi connectivity index (χ1v) is 9.55. The molecule has 0 radical (unpaired) electrons. The molecule has 1 atom stereocenters.